The molecule has 2 aliphatic carbocycles. The molecule has 8 aromatic carbocycles. The van der Waals surface area contributed by atoms with Crippen LogP contribution in [-0.2, 0) is 30.4 Å². The van der Waals surface area contributed by atoms with Gasteiger partial charge >= 0.3 is 319 Å². The molecule has 0 saturated heterocycles. The summed E-state index contributed by atoms with van der Waals surface area (Å²) in [6.07, 6.45) is 0.716. The van der Waals surface area contributed by atoms with Crippen LogP contribution in [0.1, 0.15) is 62.5 Å². The summed E-state index contributed by atoms with van der Waals surface area (Å²) >= 11 is -5.14. The van der Waals surface area contributed by atoms with Gasteiger partial charge in [-0.25, -0.2) is 0 Å². The molecule has 256 valence electrons. The summed E-state index contributed by atoms with van der Waals surface area (Å²) in [4.78, 5) is 30.6. The van der Waals surface area contributed by atoms with E-state index in [1.807, 2.05) is 84.9 Å². The maximum atomic E-state index is 15.3. The van der Waals surface area contributed by atoms with E-state index in [2.05, 4.69) is 84.9 Å². The Morgan fingerprint density at radius 2 is 0.815 bits per heavy atom. The number of carbonyl (C=O) groups excluding carboxylic acids is 2. The van der Waals surface area contributed by atoms with Crippen LogP contribution in [0.4, 0.5) is 0 Å². The second-order valence-electron chi connectivity index (χ2n) is 14.5. The molecule has 1 aliphatic heterocycles. The van der Waals surface area contributed by atoms with Gasteiger partial charge in [-0.1, -0.05) is 0 Å². The fourth-order valence-corrected chi connectivity index (χ4v) is 16.7. The Hall–Kier alpha value is -6.07. The van der Waals surface area contributed by atoms with Gasteiger partial charge in [-0.15, -0.1) is 0 Å². The monoisotopic (exact) mass is 732 g/mol. The second kappa shape index (κ2) is 12.0. The van der Waals surface area contributed by atoms with Crippen molar-refractivity contribution in [2.24, 2.45) is 0 Å². The molecule has 0 amide bonds. The normalized spacial score (nSPS) is 16.7. The first-order valence-corrected chi connectivity index (χ1v) is 21.5. The van der Waals surface area contributed by atoms with Gasteiger partial charge in [0.1, 0.15) is 0 Å². The minimum absolute atomic E-state index is 0.456. The zero-order valence-electron chi connectivity index (χ0n) is 29.2. The number of carbonyl (C=O) groups is 2. The predicted molar refractivity (Wildman–Crippen MR) is 209 cm³/mol. The first-order valence-electron chi connectivity index (χ1n) is 18.4. The van der Waals surface area contributed by atoms with E-state index in [0.29, 0.717) is 17.5 Å². The molecule has 1 heterocycles. The van der Waals surface area contributed by atoms with Gasteiger partial charge in [0, 0.05) is 0 Å². The Morgan fingerprint density at radius 1 is 0.426 bits per heavy atom. The number of hydrogen-bond donors (Lipinski definition) is 0. The van der Waals surface area contributed by atoms with Gasteiger partial charge in [0.2, 0.25) is 0 Å². The van der Waals surface area contributed by atoms with Gasteiger partial charge < -0.3 is 0 Å². The number of rotatable bonds is 4. The van der Waals surface area contributed by atoms with Crippen LogP contribution in [0.2, 0.25) is 0 Å². The Labute approximate surface area is 316 Å². The molecule has 5 heteroatoms. The summed E-state index contributed by atoms with van der Waals surface area (Å²) < 4.78 is 13.9. The van der Waals surface area contributed by atoms with Gasteiger partial charge in [0.05, 0.1) is 0 Å². The molecule has 0 radical (unpaired) electrons. The van der Waals surface area contributed by atoms with Crippen molar-refractivity contribution in [1.82, 2.24) is 0 Å². The first-order chi connectivity index (χ1) is 26.6. The molecule has 0 saturated carbocycles. The van der Waals surface area contributed by atoms with Crippen LogP contribution in [-0.4, -0.2) is 11.9 Å². The summed E-state index contributed by atoms with van der Waals surface area (Å²) in [7, 11) is 0. The fourth-order valence-electron chi connectivity index (χ4n) is 9.66. The van der Waals surface area contributed by atoms with E-state index in [4.69, 9.17) is 6.64 Å². The Balaban J connectivity index is 1.25. The molecular weight excluding hydrogens is 700 g/mol. The van der Waals surface area contributed by atoms with Gasteiger partial charge in [-0.2, -0.15) is 0 Å². The van der Waals surface area contributed by atoms with E-state index in [1.165, 1.54) is 0 Å². The maximum absolute atomic E-state index is 15.3. The van der Waals surface area contributed by atoms with E-state index in [9.17, 15) is 0 Å². The molecule has 0 aromatic heterocycles. The summed E-state index contributed by atoms with van der Waals surface area (Å²) in [5.74, 6) is -0.935. The summed E-state index contributed by atoms with van der Waals surface area (Å²) in [5.41, 5.74) is 11.9. The van der Waals surface area contributed by atoms with E-state index in [1.54, 1.807) is 0 Å². The van der Waals surface area contributed by atoms with Crippen molar-refractivity contribution in [2.75, 3.05) is 0 Å². The molecule has 0 spiro atoms. The minimum atomic E-state index is -5.14. The molecule has 2 unspecified atom stereocenters. The molecule has 11 rings (SSSR count). The van der Waals surface area contributed by atoms with Crippen molar-refractivity contribution in [3.05, 3.63) is 214 Å². The van der Waals surface area contributed by atoms with E-state index < -0.39 is 37.7 Å². The molecule has 54 heavy (non-hydrogen) atoms. The average Bonchev–Trinajstić information content (AvgIpc) is 3.75. The quantitative estimate of drug-likeness (QED) is 0.169. The third-order valence-electron chi connectivity index (χ3n) is 11.8. The van der Waals surface area contributed by atoms with Gasteiger partial charge in [-0.3, -0.25) is 0 Å². The van der Waals surface area contributed by atoms with Crippen molar-refractivity contribution in [2.45, 2.75) is 14.9 Å². The molecule has 0 bridgehead atoms. The Morgan fingerprint density at radius 3 is 1.31 bits per heavy atom. The van der Waals surface area contributed by atoms with Crippen molar-refractivity contribution in [1.29, 1.82) is 0 Å². The second-order valence-corrected chi connectivity index (χ2v) is 19.2. The number of hydrogen-bond acceptors (Lipinski definition) is 4. The van der Waals surface area contributed by atoms with Crippen molar-refractivity contribution in [3.63, 3.8) is 0 Å². The fraction of sp³-hybridized carbons (Fsp3) is 0.0612. The molecule has 0 fully saturated rings. The van der Waals surface area contributed by atoms with Crippen LogP contribution in [0, 0.1) is 0 Å². The van der Waals surface area contributed by atoms with Crippen LogP contribution in [0.25, 0.3) is 43.8 Å². The van der Waals surface area contributed by atoms with Crippen LogP contribution in [0.3, 0.4) is 0 Å². The summed E-state index contributed by atoms with van der Waals surface area (Å²) in [6.45, 7) is 0. The zero-order chi connectivity index (χ0) is 36.0. The van der Waals surface area contributed by atoms with Crippen molar-refractivity contribution in [3.8, 4) is 22.3 Å². The number of benzene rings is 8. The van der Waals surface area contributed by atoms with E-state index in [-0.39, 0.29) is 0 Å². The van der Waals surface area contributed by atoms with Crippen LogP contribution < -0.4 is 0 Å². The van der Waals surface area contributed by atoms with Gasteiger partial charge in [0.15, 0.2) is 0 Å². The van der Waals surface area contributed by atoms with E-state index >= 15 is 9.59 Å². The van der Waals surface area contributed by atoms with Crippen LogP contribution in [0.15, 0.2) is 170 Å². The SMILES string of the molecule is O=C([O][Ti]1([O]C(=O)c2cccc3ccccc23)[CH]2c3ccccc3-c3cccc(c32)Cc2cccc3c2[CH]1c1ccccc1-3)c1cccc2ccccc12. The van der Waals surface area contributed by atoms with Crippen molar-refractivity contribution >= 4 is 33.5 Å². The zero-order valence-corrected chi connectivity index (χ0v) is 30.7. The third kappa shape index (κ3) is 4.48. The number of fused-ring (bicyclic) bond motifs is 8. The predicted octanol–water partition coefficient (Wildman–Crippen LogP) is 11.4. The Kier molecular flexibility index (Phi) is 6.98. The molecule has 8 aromatic rings. The molecule has 2 atom stereocenters. The van der Waals surface area contributed by atoms with Crippen LogP contribution in [0.5, 0.6) is 0 Å². The summed E-state index contributed by atoms with van der Waals surface area (Å²) in [5, 5.41) is 3.48. The standard InChI is InChI=1S/C27H18.2C11H8O2.Ti/c1-3-11-22-20(7-1)16-26-18(9-5-13-24(22)26)15-19-10-6-14-25-23-12-4-2-8-21(23)17-27(19)25;2*12-11(13)10-7-3-5-8-4-1-2-6-9(8)10;/h1-14,16-17H,15H2;2*1-7H,(H,12,13);/q;;;+2/p-2. The summed E-state index contributed by atoms with van der Waals surface area (Å²) in [6, 6.07) is 57.1. The molecular formula is C49H32O4Ti. The van der Waals surface area contributed by atoms with Gasteiger partial charge in [0.25, 0.3) is 0 Å². The molecule has 0 N–H and O–H groups in total. The average molecular weight is 733 g/mol. The van der Waals surface area contributed by atoms with Gasteiger partial charge in [-0.05, 0) is 0 Å². The first kappa shape index (κ1) is 31.5. The molecule has 4 nitrogen and oxygen atoms in total. The third-order valence-corrected chi connectivity index (χ3v) is 17.8. The Bertz CT molecular complexity index is 2680. The topological polar surface area (TPSA) is 52.6 Å². The van der Waals surface area contributed by atoms with Crippen LogP contribution >= 0.6 is 0 Å². The molecule has 3 aliphatic rings. The van der Waals surface area contributed by atoms with Crippen molar-refractivity contribution < 1.29 is 33.6 Å². The van der Waals surface area contributed by atoms with E-state index in [0.717, 1.165) is 77.2 Å².